The number of hydrogen-bond acceptors (Lipinski definition) is 4. The van der Waals surface area contributed by atoms with Gasteiger partial charge < -0.3 is 10.1 Å². The second-order valence-electron chi connectivity index (χ2n) is 6.84. The number of aryl methyl sites for hydroxylation is 1. The van der Waals surface area contributed by atoms with E-state index in [1.807, 2.05) is 0 Å². The van der Waals surface area contributed by atoms with Gasteiger partial charge in [0.05, 0.1) is 6.10 Å². The van der Waals surface area contributed by atoms with Gasteiger partial charge in [0, 0.05) is 19.1 Å². The predicted molar refractivity (Wildman–Crippen MR) is 107 cm³/mol. The smallest absolute Gasteiger partial charge is 0.251 e. The summed E-state index contributed by atoms with van der Waals surface area (Å²) in [6.45, 7) is 3.51. The normalized spacial score (nSPS) is 26.8. The van der Waals surface area contributed by atoms with Gasteiger partial charge in [0.25, 0.3) is 5.91 Å². The Bertz CT molecular complexity index is 620. The first kappa shape index (κ1) is 18.7. The maximum absolute atomic E-state index is 12.7. The van der Waals surface area contributed by atoms with Gasteiger partial charge in [0.1, 0.15) is 6.04 Å². The first-order chi connectivity index (χ1) is 12.1. The van der Waals surface area contributed by atoms with Gasteiger partial charge in [0.15, 0.2) is 5.11 Å². The summed E-state index contributed by atoms with van der Waals surface area (Å²) >= 11 is 7.19. The summed E-state index contributed by atoms with van der Waals surface area (Å²) in [4.78, 5) is 14.5. The molecule has 3 rings (SSSR count). The Kier molecular flexibility index (Phi) is 6.36. The van der Waals surface area contributed by atoms with E-state index in [4.69, 9.17) is 17.0 Å². The van der Waals surface area contributed by atoms with Gasteiger partial charge in [-0.15, -0.1) is 0 Å². The first-order valence-corrected chi connectivity index (χ1v) is 10.7. The van der Waals surface area contributed by atoms with Crippen molar-refractivity contribution in [1.82, 2.24) is 10.2 Å². The van der Waals surface area contributed by atoms with E-state index in [-0.39, 0.29) is 24.0 Å². The first-order valence-electron chi connectivity index (χ1n) is 8.89. The van der Waals surface area contributed by atoms with Crippen LogP contribution in [0, 0.1) is 12.8 Å². The molecule has 6 heteroatoms. The lowest BCUT2D eigenvalue weighted by molar-refractivity contribution is -0.128. The Morgan fingerprint density at radius 1 is 1.36 bits per heavy atom. The minimum absolute atomic E-state index is 0.0372. The van der Waals surface area contributed by atoms with E-state index < -0.39 is 0 Å². The van der Waals surface area contributed by atoms with Crippen LogP contribution in [0.4, 0.5) is 0 Å². The van der Waals surface area contributed by atoms with Gasteiger partial charge >= 0.3 is 0 Å². The summed E-state index contributed by atoms with van der Waals surface area (Å²) in [6.07, 6.45) is 5.00. The van der Waals surface area contributed by atoms with Crippen molar-refractivity contribution < 1.29 is 9.53 Å². The highest BCUT2D eigenvalue weighted by Gasteiger charge is 2.38. The summed E-state index contributed by atoms with van der Waals surface area (Å²) in [5.74, 6) is 1.35. The highest BCUT2D eigenvalue weighted by molar-refractivity contribution is 7.98. The molecule has 1 N–H and O–H groups in total. The molecule has 0 saturated carbocycles. The van der Waals surface area contributed by atoms with Gasteiger partial charge in [-0.2, -0.15) is 11.8 Å². The van der Waals surface area contributed by atoms with Crippen LogP contribution in [0.2, 0.25) is 0 Å². The number of ether oxygens (including phenoxy) is 1. The molecule has 0 aromatic heterocycles. The molecule has 2 aliphatic heterocycles. The number of carbonyl (C=O) groups is 1. The minimum Gasteiger partial charge on any atom is -0.373 e. The van der Waals surface area contributed by atoms with E-state index in [9.17, 15) is 4.79 Å². The van der Waals surface area contributed by atoms with Crippen molar-refractivity contribution in [2.24, 2.45) is 5.92 Å². The summed E-state index contributed by atoms with van der Waals surface area (Å²) in [7, 11) is 0. The van der Waals surface area contributed by atoms with Crippen LogP contribution < -0.4 is 5.32 Å². The molecule has 2 saturated heterocycles. The summed E-state index contributed by atoms with van der Waals surface area (Å²) in [6, 6.07) is 8.36. The third-order valence-electron chi connectivity index (χ3n) is 4.99. The minimum atomic E-state index is -0.165. The highest BCUT2D eigenvalue weighted by Crippen LogP contribution is 2.35. The van der Waals surface area contributed by atoms with Crippen molar-refractivity contribution in [1.29, 1.82) is 0 Å². The predicted octanol–water partition coefficient (Wildman–Crippen LogP) is 3.30. The molecular formula is C19H26N2O2S2. The zero-order valence-electron chi connectivity index (χ0n) is 14.9. The molecule has 0 unspecified atom stereocenters. The largest absolute Gasteiger partial charge is 0.373 e. The average molecular weight is 379 g/mol. The van der Waals surface area contributed by atoms with E-state index in [0.29, 0.717) is 11.7 Å². The molecule has 4 nitrogen and oxygen atoms in total. The molecule has 0 spiro atoms. The molecule has 0 radical (unpaired) electrons. The van der Waals surface area contributed by atoms with Crippen molar-refractivity contribution >= 4 is 35.0 Å². The number of rotatable bonds is 6. The molecule has 136 valence electrons. The lowest BCUT2D eigenvalue weighted by Crippen LogP contribution is -2.39. The van der Waals surface area contributed by atoms with E-state index in [1.54, 1.807) is 16.7 Å². The molecule has 1 amide bonds. The standard InChI is InChI=1S/C19H26N2O2S2/c1-13-5-7-14(8-6-13)17-15(4-3-10-23-17)12-21-18(22)16(9-11-25-2)20-19(21)24/h5-8,15-17H,3-4,9-12H2,1-2H3,(H,20,24)/t15-,16-,17-/m0/s1. The van der Waals surface area contributed by atoms with Gasteiger partial charge in [-0.05, 0) is 56.0 Å². The Labute approximate surface area is 159 Å². The van der Waals surface area contributed by atoms with Crippen molar-refractivity contribution in [3.63, 3.8) is 0 Å². The number of hydrogen-bond donors (Lipinski definition) is 1. The summed E-state index contributed by atoms with van der Waals surface area (Å²) in [5, 5.41) is 3.77. The number of carbonyl (C=O) groups excluding carboxylic acids is 1. The molecule has 1 aromatic rings. The third-order valence-corrected chi connectivity index (χ3v) is 5.97. The fourth-order valence-electron chi connectivity index (χ4n) is 3.57. The second kappa shape index (κ2) is 8.52. The maximum atomic E-state index is 12.7. The number of nitrogens with zero attached hydrogens (tertiary/aromatic N) is 1. The fourth-order valence-corrected chi connectivity index (χ4v) is 4.35. The van der Waals surface area contributed by atoms with Gasteiger partial charge in [-0.25, -0.2) is 0 Å². The summed E-state index contributed by atoms with van der Waals surface area (Å²) < 4.78 is 6.08. The molecule has 0 aliphatic carbocycles. The van der Waals surface area contributed by atoms with Gasteiger partial charge in [-0.1, -0.05) is 29.8 Å². The van der Waals surface area contributed by atoms with Crippen molar-refractivity contribution in [2.45, 2.75) is 38.3 Å². The Morgan fingerprint density at radius 2 is 2.12 bits per heavy atom. The zero-order chi connectivity index (χ0) is 17.8. The van der Waals surface area contributed by atoms with Crippen LogP contribution in [0.25, 0.3) is 0 Å². The number of benzene rings is 1. The van der Waals surface area contributed by atoms with E-state index in [2.05, 4.69) is 42.8 Å². The number of amides is 1. The van der Waals surface area contributed by atoms with Crippen molar-refractivity contribution in [3.8, 4) is 0 Å². The molecule has 2 fully saturated rings. The lowest BCUT2D eigenvalue weighted by atomic mass is 9.88. The SMILES string of the molecule is CSCC[C@@H]1NC(=S)N(C[C@@H]2CCCO[C@H]2c2ccc(C)cc2)C1=O. The maximum Gasteiger partial charge on any atom is 0.251 e. The van der Waals surface area contributed by atoms with Gasteiger partial charge in [0.2, 0.25) is 0 Å². The molecule has 2 aliphatic rings. The second-order valence-corrected chi connectivity index (χ2v) is 8.21. The zero-order valence-corrected chi connectivity index (χ0v) is 16.5. The monoisotopic (exact) mass is 378 g/mol. The van der Waals surface area contributed by atoms with Crippen LogP contribution in [0.3, 0.4) is 0 Å². The Hall–Kier alpha value is -1.11. The fraction of sp³-hybridized carbons (Fsp3) is 0.579. The molecular weight excluding hydrogens is 352 g/mol. The van der Waals surface area contributed by atoms with Gasteiger partial charge in [-0.3, -0.25) is 9.69 Å². The van der Waals surface area contributed by atoms with Crippen LogP contribution in [0.15, 0.2) is 24.3 Å². The average Bonchev–Trinajstić information content (AvgIpc) is 2.89. The lowest BCUT2D eigenvalue weighted by Gasteiger charge is -2.34. The number of nitrogens with one attached hydrogen (secondary N) is 1. The summed E-state index contributed by atoms with van der Waals surface area (Å²) in [5.41, 5.74) is 2.44. The van der Waals surface area contributed by atoms with Crippen LogP contribution in [-0.2, 0) is 9.53 Å². The van der Waals surface area contributed by atoms with Crippen molar-refractivity contribution in [2.75, 3.05) is 25.2 Å². The molecule has 1 aromatic carbocycles. The molecule has 2 heterocycles. The Balaban J connectivity index is 1.70. The topological polar surface area (TPSA) is 41.6 Å². The van der Waals surface area contributed by atoms with Crippen LogP contribution in [0.1, 0.15) is 36.5 Å². The molecule has 25 heavy (non-hydrogen) atoms. The molecule has 0 bridgehead atoms. The Morgan fingerprint density at radius 3 is 2.84 bits per heavy atom. The quantitative estimate of drug-likeness (QED) is 0.769. The van der Waals surface area contributed by atoms with Crippen molar-refractivity contribution in [3.05, 3.63) is 35.4 Å². The van der Waals surface area contributed by atoms with E-state index in [0.717, 1.165) is 31.6 Å². The molecule has 3 atom stereocenters. The van der Waals surface area contributed by atoms with Crippen LogP contribution in [-0.4, -0.2) is 47.1 Å². The number of thioether (sulfide) groups is 1. The third kappa shape index (κ3) is 4.36. The van der Waals surface area contributed by atoms with E-state index in [1.165, 1.54) is 11.1 Å². The van der Waals surface area contributed by atoms with Crippen LogP contribution in [0.5, 0.6) is 0 Å². The number of thiocarbonyl (C=S) groups is 1. The van der Waals surface area contributed by atoms with Crippen LogP contribution >= 0.6 is 24.0 Å². The van der Waals surface area contributed by atoms with E-state index >= 15 is 0 Å². The highest BCUT2D eigenvalue weighted by atomic mass is 32.2.